The Labute approximate surface area is 87.8 Å². The largest absolute Gasteiger partial charge is 0.345 e. The molecule has 0 fully saturated rings. The van der Waals surface area contributed by atoms with Gasteiger partial charge < -0.3 is 11.1 Å². The highest BCUT2D eigenvalue weighted by Crippen LogP contribution is 2.03. The molecule has 1 unspecified atom stereocenters. The second-order valence-electron chi connectivity index (χ2n) is 3.77. The predicted molar refractivity (Wildman–Crippen MR) is 53.9 cm³/mol. The molecular formula is C8H16N6O. The lowest BCUT2D eigenvalue weighted by Crippen LogP contribution is -2.41. The van der Waals surface area contributed by atoms with Crippen molar-refractivity contribution in [3.63, 3.8) is 0 Å². The second kappa shape index (κ2) is 5.40. The number of amides is 1. The number of aromatic amines is 1. The molecule has 1 atom stereocenters. The van der Waals surface area contributed by atoms with E-state index in [4.69, 9.17) is 5.73 Å². The van der Waals surface area contributed by atoms with Crippen molar-refractivity contribution in [1.82, 2.24) is 25.9 Å². The van der Waals surface area contributed by atoms with Crippen molar-refractivity contribution in [3.8, 4) is 0 Å². The number of hydrogen-bond donors (Lipinski definition) is 3. The maximum Gasteiger partial charge on any atom is 0.293 e. The molecule has 0 aromatic carbocycles. The van der Waals surface area contributed by atoms with Crippen LogP contribution in [0, 0.1) is 5.92 Å². The van der Waals surface area contributed by atoms with Crippen molar-refractivity contribution < 1.29 is 4.79 Å². The molecule has 0 saturated heterocycles. The van der Waals surface area contributed by atoms with Crippen molar-refractivity contribution in [2.45, 2.75) is 26.3 Å². The van der Waals surface area contributed by atoms with E-state index >= 15 is 0 Å². The van der Waals surface area contributed by atoms with Gasteiger partial charge in [0.2, 0.25) is 0 Å². The van der Waals surface area contributed by atoms with Crippen LogP contribution in [0.2, 0.25) is 0 Å². The van der Waals surface area contributed by atoms with E-state index in [-0.39, 0.29) is 17.8 Å². The standard InChI is InChI=1S/C8H16N6O/c1-5(2)3-6(4-9)10-8(15)7-11-13-14-12-7/h5-6H,3-4,9H2,1-2H3,(H,10,15)(H,11,12,13,14). The molecule has 15 heavy (non-hydrogen) atoms. The minimum Gasteiger partial charge on any atom is -0.345 e. The Hall–Kier alpha value is -1.50. The summed E-state index contributed by atoms with van der Waals surface area (Å²) in [6.07, 6.45) is 0.833. The van der Waals surface area contributed by atoms with E-state index in [1.165, 1.54) is 0 Å². The highest BCUT2D eigenvalue weighted by atomic mass is 16.2. The number of hydrogen-bond acceptors (Lipinski definition) is 5. The van der Waals surface area contributed by atoms with Crippen LogP contribution in [0.3, 0.4) is 0 Å². The van der Waals surface area contributed by atoms with E-state index in [2.05, 4.69) is 39.8 Å². The van der Waals surface area contributed by atoms with Gasteiger partial charge in [0.15, 0.2) is 0 Å². The maximum atomic E-state index is 11.5. The highest BCUT2D eigenvalue weighted by molar-refractivity contribution is 5.90. The molecule has 1 amide bonds. The van der Waals surface area contributed by atoms with Gasteiger partial charge in [0.25, 0.3) is 11.7 Å². The number of carbonyl (C=O) groups is 1. The van der Waals surface area contributed by atoms with Crippen LogP contribution in [0.1, 0.15) is 30.9 Å². The molecule has 7 heteroatoms. The fraction of sp³-hybridized carbons (Fsp3) is 0.750. The first-order valence-corrected chi connectivity index (χ1v) is 4.87. The zero-order chi connectivity index (χ0) is 11.3. The topological polar surface area (TPSA) is 110 Å². The average molecular weight is 212 g/mol. The van der Waals surface area contributed by atoms with E-state index < -0.39 is 0 Å². The first-order valence-electron chi connectivity index (χ1n) is 4.87. The van der Waals surface area contributed by atoms with Gasteiger partial charge in [-0.3, -0.25) is 4.79 Å². The third-order valence-corrected chi connectivity index (χ3v) is 1.92. The van der Waals surface area contributed by atoms with Crippen LogP contribution in [0.4, 0.5) is 0 Å². The van der Waals surface area contributed by atoms with Crippen molar-refractivity contribution in [2.75, 3.05) is 6.54 Å². The summed E-state index contributed by atoms with van der Waals surface area (Å²) < 4.78 is 0. The Morgan fingerprint density at radius 2 is 2.33 bits per heavy atom. The van der Waals surface area contributed by atoms with Crippen LogP contribution in [0.25, 0.3) is 0 Å². The van der Waals surface area contributed by atoms with Gasteiger partial charge in [0, 0.05) is 12.6 Å². The number of H-pyrrole nitrogens is 1. The highest BCUT2D eigenvalue weighted by Gasteiger charge is 2.16. The normalized spacial score (nSPS) is 12.8. The van der Waals surface area contributed by atoms with E-state index in [0.717, 1.165) is 6.42 Å². The van der Waals surface area contributed by atoms with Crippen LogP contribution in [0.15, 0.2) is 0 Å². The molecule has 84 valence electrons. The van der Waals surface area contributed by atoms with Crippen LogP contribution in [-0.2, 0) is 0 Å². The average Bonchev–Trinajstić information content (AvgIpc) is 2.68. The quantitative estimate of drug-likeness (QED) is 0.598. The van der Waals surface area contributed by atoms with Crippen molar-refractivity contribution in [3.05, 3.63) is 5.82 Å². The summed E-state index contributed by atoms with van der Waals surface area (Å²) in [5, 5.41) is 15.4. The Bertz CT molecular complexity index is 296. The Kier molecular flexibility index (Phi) is 4.17. The lowest BCUT2D eigenvalue weighted by molar-refractivity contribution is 0.0923. The summed E-state index contributed by atoms with van der Waals surface area (Å²) in [5.74, 6) is 0.168. The van der Waals surface area contributed by atoms with Gasteiger partial charge in [-0.15, -0.1) is 10.2 Å². The molecule has 0 radical (unpaired) electrons. The molecule has 0 spiro atoms. The lowest BCUT2D eigenvalue weighted by Gasteiger charge is -2.17. The SMILES string of the molecule is CC(C)CC(CN)NC(=O)c1nn[nH]n1. The number of aromatic nitrogens is 4. The molecule has 1 aromatic rings. The van der Waals surface area contributed by atoms with Gasteiger partial charge in [-0.25, -0.2) is 0 Å². The van der Waals surface area contributed by atoms with Gasteiger partial charge in [0.05, 0.1) is 0 Å². The van der Waals surface area contributed by atoms with E-state index in [1.807, 2.05) is 0 Å². The zero-order valence-electron chi connectivity index (χ0n) is 8.90. The molecular weight excluding hydrogens is 196 g/mol. The molecule has 4 N–H and O–H groups in total. The Morgan fingerprint density at radius 1 is 1.60 bits per heavy atom. The predicted octanol–water partition coefficient (Wildman–Crippen LogP) is -0.697. The van der Waals surface area contributed by atoms with Crippen LogP contribution >= 0.6 is 0 Å². The lowest BCUT2D eigenvalue weighted by atomic mass is 10.0. The number of nitrogens with one attached hydrogen (secondary N) is 2. The number of tetrazole rings is 1. The first kappa shape index (κ1) is 11.6. The summed E-state index contributed by atoms with van der Waals surface area (Å²) in [7, 11) is 0. The molecule has 7 nitrogen and oxygen atoms in total. The fourth-order valence-electron chi connectivity index (χ4n) is 1.29. The minimum absolute atomic E-state index is 0.0391. The number of rotatable bonds is 5. The molecule has 1 rings (SSSR count). The molecule has 0 saturated carbocycles. The molecule has 0 aliphatic carbocycles. The summed E-state index contributed by atoms with van der Waals surface area (Å²) in [6.45, 7) is 4.55. The third-order valence-electron chi connectivity index (χ3n) is 1.92. The molecule has 0 bridgehead atoms. The molecule has 1 aromatic heterocycles. The van der Waals surface area contributed by atoms with Crippen molar-refractivity contribution >= 4 is 5.91 Å². The van der Waals surface area contributed by atoms with E-state index in [1.54, 1.807) is 0 Å². The molecule has 1 heterocycles. The molecule has 0 aliphatic rings. The first-order chi connectivity index (χ1) is 7.13. The van der Waals surface area contributed by atoms with E-state index in [0.29, 0.717) is 12.5 Å². The third kappa shape index (κ3) is 3.62. The van der Waals surface area contributed by atoms with Gasteiger partial charge >= 0.3 is 0 Å². The van der Waals surface area contributed by atoms with Crippen LogP contribution in [0.5, 0.6) is 0 Å². The van der Waals surface area contributed by atoms with Crippen LogP contribution < -0.4 is 11.1 Å². The van der Waals surface area contributed by atoms with E-state index in [9.17, 15) is 4.79 Å². The monoisotopic (exact) mass is 212 g/mol. The summed E-state index contributed by atoms with van der Waals surface area (Å²) in [5.41, 5.74) is 5.54. The van der Waals surface area contributed by atoms with Crippen LogP contribution in [-0.4, -0.2) is 39.1 Å². The summed E-state index contributed by atoms with van der Waals surface area (Å²) in [4.78, 5) is 11.5. The van der Waals surface area contributed by atoms with Gasteiger partial charge in [-0.05, 0) is 17.6 Å². The van der Waals surface area contributed by atoms with Gasteiger partial charge in [0.1, 0.15) is 0 Å². The van der Waals surface area contributed by atoms with Gasteiger partial charge in [-0.1, -0.05) is 13.8 Å². The van der Waals surface area contributed by atoms with Crippen molar-refractivity contribution in [1.29, 1.82) is 0 Å². The summed E-state index contributed by atoms with van der Waals surface area (Å²) in [6, 6.07) is -0.0454. The second-order valence-corrected chi connectivity index (χ2v) is 3.77. The summed E-state index contributed by atoms with van der Waals surface area (Å²) >= 11 is 0. The maximum absolute atomic E-state index is 11.5. The Balaban J connectivity index is 2.48. The van der Waals surface area contributed by atoms with Gasteiger partial charge in [-0.2, -0.15) is 5.21 Å². The number of nitrogens with two attached hydrogens (primary N) is 1. The number of carbonyl (C=O) groups excluding carboxylic acids is 1. The minimum atomic E-state index is -0.347. The number of nitrogens with zero attached hydrogens (tertiary/aromatic N) is 3. The Morgan fingerprint density at radius 3 is 2.80 bits per heavy atom. The van der Waals surface area contributed by atoms with Crippen molar-refractivity contribution in [2.24, 2.45) is 11.7 Å². The molecule has 0 aliphatic heterocycles. The smallest absolute Gasteiger partial charge is 0.293 e. The zero-order valence-corrected chi connectivity index (χ0v) is 8.90. The fourth-order valence-corrected chi connectivity index (χ4v) is 1.29.